The molecule has 0 radical (unpaired) electrons. The van der Waals surface area contributed by atoms with E-state index in [0.717, 1.165) is 38.5 Å². The predicted octanol–water partition coefficient (Wildman–Crippen LogP) is 6.01. The van der Waals surface area contributed by atoms with Crippen molar-refractivity contribution in [3.63, 3.8) is 0 Å². The maximum Gasteiger partial charge on any atom is 0.336 e. The fraction of sp³-hybridized carbons (Fsp3) is 0.250. The number of fused-ring (bicyclic) bond motifs is 2. The largest absolute Gasteiger partial charge is 0.508 e. The minimum absolute atomic E-state index is 0.000673. The molecule has 2 aliphatic rings. The Morgan fingerprint density at radius 3 is 2.47 bits per heavy atom. The van der Waals surface area contributed by atoms with Gasteiger partial charge in [0, 0.05) is 34.3 Å². The number of hydrogen-bond acceptors (Lipinski definition) is 6. The number of phenols is 1. The molecule has 0 spiro atoms. The molecule has 7 nitrogen and oxygen atoms in total. The second-order valence-corrected chi connectivity index (χ2v) is 9.23. The molecule has 0 saturated heterocycles. The highest BCUT2D eigenvalue weighted by Crippen LogP contribution is 2.42. The Bertz CT molecular complexity index is 1450. The highest BCUT2D eigenvalue weighted by molar-refractivity contribution is 7.80. The van der Waals surface area contributed by atoms with Crippen LogP contribution in [0.2, 0.25) is 0 Å². The van der Waals surface area contributed by atoms with Gasteiger partial charge >= 0.3 is 5.97 Å². The van der Waals surface area contributed by atoms with Gasteiger partial charge in [0.2, 0.25) is 0 Å². The van der Waals surface area contributed by atoms with E-state index in [4.69, 9.17) is 22.4 Å². The first-order chi connectivity index (χ1) is 17.4. The van der Waals surface area contributed by atoms with Crippen LogP contribution in [0.3, 0.4) is 0 Å². The molecule has 0 aromatic heterocycles. The first-order valence-electron chi connectivity index (χ1n) is 11.9. The number of unbranched alkanes of at least 4 members (excludes halogenated alkanes) is 4. The fourth-order valence-electron chi connectivity index (χ4n) is 4.35. The van der Waals surface area contributed by atoms with E-state index in [1.807, 2.05) is 0 Å². The Morgan fingerprint density at radius 2 is 1.69 bits per heavy atom. The monoisotopic (exact) mass is 504 g/mol. The lowest BCUT2D eigenvalue weighted by Crippen LogP contribution is -2.10. The third-order valence-electron chi connectivity index (χ3n) is 6.09. The Kier molecular flexibility index (Phi) is 7.97. The Hall–Kier alpha value is -3.75. The first-order valence-corrected chi connectivity index (χ1v) is 12.4. The van der Waals surface area contributed by atoms with E-state index in [-0.39, 0.29) is 16.7 Å². The van der Waals surface area contributed by atoms with Gasteiger partial charge < -0.3 is 25.7 Å². The summed E-state index contributed by atoms with van der Waals surface area (Å²) in [6.07, 6.45) is 6.02. The van der Waals surface area contributed by atoms with E-state index in [1.165, 1.54) is 24.3 Å². The van der Waals surface area contributed by atoms with E-state index in [9.17, 15) is 19.8 Å². The van der Waals surface area contributed by atoms with Crippen molar-refractivity contribution in [1.82, 2.24) is 0 Å². The van der Waals surface area contributed by atoms with Gasteiger partial charge in [0.1, 0.15) is 17.1 Å². The van der Waals surface area contributed by atoms with Crippen LogP contribution in [0, 0.1) is 0 Å². The molecule has 5 N–H and O–H groups in total. The highest BCUT2D eigenvalue weighted by atomic mass is 32.1. The van der Waals surface area contributed by atoms with Crippen molar-refractivity contribution in [2.24, 2.45) is 5.73 Å². The Labute approximate surface area is 213 Å². The van der Waals surface area contributed by atoms with Crippen molar-refractivity contribution >= 4 is 39.8 Å². The summed E-state index contributed by atoms with van der Waals surface area (Å²) < 4.78 is 5.87. The highest BCUT2D eigenvalue weighted by Gasteiger charge is 2.22. The number of nitrogens with two attached hydrogens (primary N) is 1. The van der Waals surface area contributed by atoms with Gasteiger partial charge in [0.05, 0.1) is 10.6 Å². The molecule has 8 heteroatoms. The van der Waals surface area contributed by atoms with Crippen LogP contribution in [-0.4, -0.2) is 27.7 Å². The Balaban J connectivity index is 1.68. The van der Waals surface area contributed by atoms with Crippen LogP contribution >= 0.6 is 12.2 Å². The number of phenolic OH excluding ortho intramolecular Hbond substituents is 1. The summed E-state index contributed by atoms with van der Waals surface area (Å²) >= 11 is 5.48. The summed E-state index contributed by atoms with van der Waals surface area (Å²) in [6.45, 7) is 0.716. The molecule has 2 aromatic carbocycles. The molecule has 1 aliphatic carbocycles. The van der Waals surface area contributed by atoms with E-state index in [2.05, 4.69) is 5.32 Å². The lowest BCUT2D eigenvalue weighted by molar-refractivity contribution is 0.0697. The lowest BCUT2D eigenvalue weighted by Gasteiger charge is -2.17. The van der Waals surface area contributed by atoms with Crippen molar-refractivity contribution in [2.45, 2.75) is 38.5 Å². The minimum atomic E-state index is -1.10. The second-order valence-electron chi connectivity index (χ2n) is 8.74. The quantitative estimate of drug-likeness (QED) is 0.118. The van der Waals surface area contributed by atoms with E-state index in [1.54, 1.807) is 30.3 Å². The number of carbonyl (C=O) groups is 1. The number of carboxylic acids is 1. The van der Waals surface area contributed by atoms with Gasteiger partial charge in [0.15, 0.2) is 5.43 Å². The molecule has 0 atom stereocenters. The predicted molar refractivity (Wildman–Crippen MR) is 146 cm³/mol. The topological polar surface area (TPSA) is 126 Å². The summed E-state index contributed by atoms with van der Waals surface area (Å²) in [5.41, 5.74) is 7.98. The van der Waals surface area contributed by atoms with E-state index < -0.39 is 5.97 Å². The summed E-state index contributed by atoms with van der Waals surface area (Å²) in [5, 5.41) is 23.8. The number of nitrogens with one attached hydrogen (secondary N) is 1. The van der Waals surface area contributed by atoms with Crippen LogP contribution < -0.4 is 16.5 Å². The molecule has 0 saturated carbocycles. The van der Waals surface area contributed by atoms with Crippen molar-refractivity contribution in [1.29, 1.82) is 0 Å². The molecular weight excluding hydrogens is 476 g/mol. The SMILES string of the molecule is NCCCCCCCC(=S)Nc1ccc(-c2c3ccc(=O)cc-3oc3cc(O)ccc23)c(C(=O)O)c1. The summed E-state index contributed by atoms with van der Waals surface area (Å²) in [7, 11) is 0. The van der Waals surface area contributed by atoms with Crippen LogP contribution in [0.25, 0.3) is 33.4 Å². The van der Waals surface area contributed by atoms with E-state index >= 15 is 0 Å². The average Bonchev–Trinajstić information content (AvgIpc) is 2.84. The number of aromatic carboxylic acids is 1. The smallest absolute Gasteiger partial charge is 0.336 e. The van der Waals surface area contributed by atoms with Crippen LogP contribution in [0.5, 0.6) is 5.75 Å². The van der Waals surface area contributed by atoms with Gasteiger partial charge in [-0.05, 0) is 67.8 Å². The molecule has 4 rings (SSSR count). The third kappa shape index (κ3) is 5.72. The van der Waals surface area contributed by atoms with Gasteiger partial charge in [-0.2, -0.15) is 0 Å². The van der Waals surface area contributed by atoms with Crippen LogP contribution in [-0.2, 0) is 0 Å². The molecule has 1 heterocycles. The summed E-state index contributed by atoms with van der Waals surface area (Å²) in [5.74, 6) is -0.789. The fourth-order valence-corrected chi connectivity index (χ4v) is 4.61. The van der Waals surface area contributed by atoms with Crippen LogP contribution in [0.4, 0.5) is 5.69 Å². The molecule has 0 fully saturated rings. The zero-order valence-electron chi connectivity index (χ0n) is 19.8. The molecular formula is C28H28N2O5S. The van der Waals surface area contributed by atoms with Crippen LogP contribution in [0.1, 0.15) is 48.9 Å². The summed E-state index contributed by atoms with van der Waals surface area (Å²) in [6, 6.07) is 14.1. The van der Waals surface area contributed by atoms with Crippen LogP contribution in [0.15, 0.2) is 63.8 Å². The molecule has 0 unspecified atom stereocenters. The van der Waals surface area contributed by atoms with Gasteiger partial charge in [-0.1, -0.05) is 37.5 Å². The summed E-state index contributed by atoms with van der Waals surface area (Å²) in [4.78, 5) is 25.0. The zero-order valence-corrected chi connectivity index (χ0v) is 20.6. The maximum atomic E-state index is 12.3. The lowest BCUT2D eigenvalue weighted by atomic mass is 9.90. The number of anilines is 1. The number of hydrogen-bond donors (Lipinski definition) is 4. The molecule has 2 aromatic rings. The maximum absolute atomic E-state index is 12.3. The van der Waals surface area contributed by atoms with E-state index in [0.29, 0.717) is 50.6 Å². The molecule has 1 aliphatic heterocycles. The molecule has 36 heavy (non-hydrogen) atoms. The Morgan fingerprint density at radius 1 is 0.944 bits per heavy atom. The van der Waals surface area contributed by atoms with Crippen molar-refractivity contribution in [3.05, 3.63) is 70.4 Å². The number of aromatic hydroxyl groups is 1. The van der Waals surface area contributed by atoms with Crippen molar-refractivity contribution in [3.8, 4) is 28.2 Å². The molecule has 0 amide bonds. The second kappa shape index (κ2) is 11.3. The molecule has 186 valence electrons. The first kappa shape index (κ1) is 25.3. The zero-order chi connectivity index (χ0) is 25.7. The standard InChI is InChI=1S/C28H28N2O5S/c29-13-5-3-1-2-4-6-26(36)30-17-7-10-20(23(14-17)28(33)34)27-21-11-8-18(31)15-24(21)35-25-16-19(32)9-12-22(25)27/h7-12,14-16,31H,1-6,13,29H2,(H,30,36)(H,33,34). The normalized spacial score (nSPS) is 11.1. The third-order valence-corrected chi connectivity index (χ3v) is 6.39. The van der Waals surface area contributed by atoms with Gasteiger partial charge in [0.25, 0.3) is 0 Å². The number of carboxylic acid groups (broad SMARTS) is 1. The van der Waals surface area contributed by atoms with Gasteiger partial charge in [-0.15, -0.1) is 0 Å². The number of rotatable bonds is 10. The minimum Gasteiger partial charge on any atom is -0.508 e. The van der Waals surface area contributed by atoms with Crippen molar-refractivity contribution < 1.29 is 19.4 Å². The van der Waals surface area contributed by atoms with Gasteiger partial charge in [-0.25, -0.2) is 4.79 Å². The van der Waals surface area contributed by atoms with Crippen molar-refractivity contribution in [2.75, 3.05) is 11.9 Å². The number of benzene rings is 3. The number of thiocarbonyl (C=S) groups is 1. The average molecular weight is 505 g/mol. The van der Waals surface area contributed by atoms with Gasteiger partial charge in [-0.3, -0.25) is 4.79 Å². The molecule has 0 bridgehead atoms.